The fraction of sp³-hybridized carbons (Fsp3) is 0.772. The van der Waals surface area contributed by atoms with Crippen LogP contribution in [0.25, 0.3) is 0 Å². The number of esters is 1. The molecule has 0 aromatic rings. The Bertz CT molecular complexity index is 1980. The number of piperidine rings is 2. The third-order valence-corrected chi connectivity index (χ3v) is 17.2. The fourth-order valence-corrected chi connectivity index (χ4v) is 12.7. The van der Waals surface area contributed by atoms with Crippen LogP contribution >= 0.6 is 0 Å². The molecule has 1 unspecified atom stereocenters. The second-order valence-corrected chi connectivity index (χ2v) is 22.3. The molecular weight excluding hydrogens is 921 g/mol. The number of ether oxygens (including phenoxy) is 6. The Balaban J connectivity index is 1.29. The van der Waals surface area contributed by atoms with Gasteiger partial charge in [0.1, 0.15) is 30.1 Å². The number of hydrogen-bond donors (Lipinski definition) is 3. The average Bonchev–Trinajstić information content (AvgIpc) is 3.37. The Hall–Kier alpha value is -3.41. The lowest BCUT2D eigenvalue weighted by Gasteiger charge is -2.50. The van der Waals surface area contributed by atoms with Gasteiger partial charge in [0.05, 0.1) is 24.4 Å². The van der Waals surface area contributed by atoms with E-state index in [0.717, 1.165) is 50.8 Å². The number of methoxy groups -OCH3 is 3. The molecule has 1 amide bonds. The predicted octanol–water partition coefficient (Wildman–Crippen LogP) is 6.81. The van der Waals surface area contributed by atoms with Crippen molar-refractivity contribution in [3.63, 3.8) is 0 Å². The fourth-order valence-electron chi connectivity index (χ4n) is 12.7. The number of ketones is 3. The van der Waals surface area contributed by atoms with E-state index in [4.69, 9.17) is 28.4 Å². The van der Waals surface area contributed by atoms with Crippen molar-refractivity contribution in [2.24, 2.45) is 47.3 Å². The van der Waals surface area contributed by atoms with Crippen molar-refractivity contribution >= 4 is 29.2 Å². The maximum atomic E-state index is 14.6. The highest BCUT2D eigenvalue weighted by Gasteiger charge is 2.57. The second kappa shape index (κ2) is 26.9. The van der Waals surface area contributed by atoms with E-state index in [2.05, 4.69) is 5.32 Å². The summed E-state index contributed by atoms with van der Waals surface area (Å²) in [6.07, 6.45) is 15.8. The van der Waals surface area contributed by atoms with Gasteiger partial charge in [0.25, 0.3) is 11.7 Å². The topological polar surface area (TPSA) is 196 Å². The molecule has 15 heteroatoms. The lowest BCUT2D eigenvalue weighted by molar-refractivity contribution is -0.266. The van der Waals surface area contributed by atoms with Crippen LogP contribution in [-0.2, 0) is 52.4 Å². The van der Waals surface area contributed by atoms with Gasteiger partial charge in [-0.25, -0.2) is 4.79 Å². The van der Waals surface area contributed by atoms with Crippen molar-refractivity contribution in [3.8, 4) is 0 Å². The first-order valence-electron chi connectivity index (χ1n) is 27.2. The molecule has 3 N–H and O–H groups in total. The van der Waals surface area contributed by atoms with Crippen molar-refractivity contribution in [1.82, 2.24) is 10.2 Å². The Morgan fingerprint density at radius 3 is 2.28 bits per heavy atom. The standard InChI is InChI=1S/C57H88N2O13/c1-34-14-11-10-12-15-35(2)47(67-7)32-42-19-17-39(6)57(66,72-42)54(63)55(64)59-26-13-16-43-44(30-41-18-20-46(49(31-41)68-8)70-27-23-40-21-24-58-25-22-40)48(71-56(65)50(43)59)33-45(60)36(3)29-38(5)52(62)53(69-9)51(61)37(4)28-34/h10-12,14-15,29,34,36-37,39-44,46-50,52-53,58,62,66H,13,16-28,30-33H2,1-9H3/b12-10+,14-11+,35-15+,38-29+/t34-,36-,37-,39-,41+,42+,43?,44+,46-,47+,48+,49-,50+,52-,53+,57-/m1/s1. The Kier molecular flexibility index (Phi) is 21.6. The number of amides is 1. The van der Waals surface area contributed by atoms with Crippen LogP contribution < -0.4 is 5.32 Å². The minimum absolute atomic E-state index is 0.0262. The largest absolute Gasteiger partial charge is 0.460 e. The minimum atomic E-state index is -2.43. The first-order chi connectivity index (χ1) is 34.4. The number of carbonyl (C=O) groups is 5. The monoisotopic (exact) mass is 1010 g/mol. The van der Waals surface area contributed by atoms with Gasteiger partial charge in [-0.2, -0.15) is 0 Å². The van der Waals surface area contributed by atoms with Crippen molar-refractivity contribution in [2.75, 3.05) is 47.6 Å². The van der Waals surface area contributed by atoms with Gasteiger partial charge in [-0.15, -0.1) is 0 Å². The van der Waals surface area contributed by atoms with Gasteiger partial charge >= 0.3 is 5.97 Å². The van der Waals surface area contributed by atoms with E-state index < -0.39 is 83.7 Å². The van der Waals surface area contributed by atoms with Crippen LogP contribution in [0.3, 0.4) is 0 Å². The molecule has 1 aliphatic carbocycles. The molecule has 5 heterocycles. The second-order valence-electron chi connectivity index (χ2n) is 22.3. The summed E-state index contributed by atoms with van der Waals surface area (Å²) < 4.78 is 36.6. The van der Waals surface area contributed by atoms with E-state index in [1.54, 1.807) is 41.1 Å². The lowest BCUT2D eigenvalue weighted by Crippen LogP contribution is -2.65. The molecule has 6 aliphatic rings. The van der Waals surface area contributed by atoms with E-state index in [0.29, 0.717) is 69.5 Å². The van der Waals surface area contributed by atoms with E-state index in [1.807, 2.05) is 51.2 Å². The van der Waals surface area contributed by atoms with Gasteiger partial charge in [0.15, 0.2) is 5.78 Å². The average molecular weight is 1010 g/mol. The van der Waals surface area contributed by atoms with Crippen LogP contribution in [0.1, 0.15) is 131 Å². The van der Waals surface area contributed by atoms with Crippen molar-refractivity contribution in [1.29, 1.82) is 0 Å². The summed E-state index contributed by atoms with van der Waals surface area (Å²) >= 11 is 0. The molecule has 0 aromatic heterocycles. The van der Waals surface area contributed by atoms with Crippen LogP contribution in [0.15, 0.2) is 47.6 Å². The molecule has 16 atom stereocenters. The zero-order valence-corrected chi connectivity index (χ0v) is 44.8. The molecule has 404 valence electrons. The van der Waals surface area contributed by atoms with Crippen LogP contribution in [-0.4, -0.2) is 146 Å². The molecular formula is C57H88N2O13. The smallest absolute Gasteiger partial charge is 0.329 e. The number of fused-ring (bicyclic) bond motifs is 3. The highest BCUT2D eigenvalue weighted by atomic mass is 16.6. The highest BCUT2D eigenvalue weighted by molar-refractivity contribution is 6.39. The first-order valence-corrected chi connectivity index (χ1v) is 27.2. The van der Waals surface area contributed by atoms with Gasteiger partial charge in [-0.3, -0.25) is 19.2 Å². The van der Waals surface area contributed by atoms with Crippen molar-refractivity contribution < 1.29 is 62.6 Å². The number of Topliss-reactive ketones (excluding diaryl/α,β-unsaturated/α-hetero) is 3. The summed E-state index contributed by atoms with van der Waals surface area (Å²) in [5, 5.41) is 27.1. The Morgan fingerprint density at radius 2 is 1.57 bits per heavy atom. The first kappa shape index (κ1) is 57.9. The molecule has 0 aromatic carbocycles. The third kappa shape index (κ3) is 14.3. The molecule has 5 fully saturated rings. The van der Waals surface area contributed by atoms with Gasteiger partial charge in [-0.05, 0) is 139 Å². The number of rotatable bonds is 9. The number of nitrogens with zero attached hydrogens (tertiary/aromatic N) is 1. The van der Waals surface area contributed by atoms with Gasteiger partial charge in [-0.1, -0.05) is 64.2 Å². The summed E-state index contributed by atoms with van der Waals surface area (Å²) in [5.41, 5.74) is 1.30. The van der Waals surface area contributed by atoms with Crippen LogP contribution in [0.2, 0.25) is 0 Å². The SMILES string of the molecule is CO[C@H]1C[C@@H]2CC[C@@H](C)[C@@](O)(O2)C(=O)C(=O)N2CCCC3[C@H]2C(=O)O[C@@H](CC(=O)[C@H](C)/C=C(\C)[C@@H](O)[C@@H](OC)C(=O)[C@H](C)C[C@H](C)/C=C/C=C/C=C/1C)[C@H]3C[C@@H]1CC[C@@H](OCCC2CCNCC2)[C@H](OC)C1. The number of nitrogens with one attached hydrogen (secondary N) is 1. The lowest BCUT2D eigenvalue weighted by atomic mass is 9.68. The molecule has 6 rings (SSSR count). The number of hydrogen-bond acceptors (Lipinski definition) is 14. The number of allylic oxidation sites excluding steroid dienone is 6. The Labute approximate surface area is 429 Å². The maximum absolute atomic E-state index is 14.6. The number of aliphatic hydroxyl groups is 2. The van der Waals surface area contributed by atoms with Crippen LogP contribution in [0.4, 0.5) is 0 Å². The molecule has 4 saturated heterocycles. The molecule has 0 spiro atoms. The summed E-state index contributed by atoms with van der Waals surface area (Å²) in [5.74, 6) is -7.50. The normalized spacial score (nSPS) is 41.2. The quantitative estimate of drug-likeness (QED) is 0.124. The van der Waals surface area contributed by atoms with E-state index in [1.165, 1.54) is 12.0 Å². The summed E-state index contributed by atoms with van der Waals surface area (Å²) in [7, 11) is 4.71. The number of carbonyl (C=O) groups excluding carboxylic acids is 5. The molecule has 6 bridgehead atoms. The van der Waals surface area contributed by atoms with Crippen molar-refractivity contribution in [3.05, 3.63) is 47.6 Å². The third-order valence-electron chi connectivity index (χ3n) is 17.2. The zero-order valence-electron chi connectivity index (χ0n) is 44.8. The highest BCUT2D eigenvalue weighted by Crippen LogP contribution is 2.46. The van der Waals surface area contributed by atoms with Gasteiger partial charge in [0.2, 0.25) is 5.79 Å². The molecule has 0 radical (unpaired) electrons. The summed E-state index contributed by atoms with van der Waals surface area (Å²) in [4.78, 5) is 73.0. The number of aliphatic hydroxyl groups excluding tert-OH is 1. The van der Waals surface area contributed by atoms with E-state index in [9.17, 15) is 34.2 Å². The van der Waals surface area contributed by atoms with Crippen molar-refractivity contribution in [2.45, 2.75) is 186 Å². The van der Waals surface area contributed by atoms with Crippen LogP contribution in [0.5, 0.6) is 0 Å². The van der Waals surface area contributed by atoms with E-state index >= 15 is 0 Å². The van der Waals surface area contributed by atoms with Gasteiger partial charge in [0, 0.05) is 71.0 Å². The molecule has 15 nitrogen and oxygen atoms in total. The zero-order chi connectivity index (χ0) is 52.3. The summed E-state index contributed by atoms with van der Waals surface area (Å²) in [6.45, 7) is 13.8. The summed E-state index contributed by atoms with van der Waals surface area (Å²) in [6, 6.07) is -1.11. The van der Waals surface area contributed by atoms with E-state index in [-0.39, 0.29) is 54.5 Å². The minimum Gasteiger partial charge on any atom is -0.460 e. The molecule has 5 aliphatic heterocycles. The Morgan fingerprint density at radius 1 is 0.819 bits per heavy atom. The molecule has 72 heavy (non-hydrogen) atoms. The van der Waals surface area contributed by atoms with Gasteiger partial charge < -0.3 is 48.9 Å². The maximum Gasteiger partial charge on any atom is 0.329 e. The van der Waals surface area contributed by atoms with Crippen LogP contribution in [0, 0.1) is 47.3 Å². The molecule has 1 saturated carbocycles. The predicted molar refractivity (Wildman–Crippen MR) is 272 cm³/mol.